The number of halogens is 2. The fourth-order valence-corrected chi connectivity index (χ4v) is 1.71. The van der Waals surface area contributed by atoms with Crippen molar-refractivity contribution in [3.8, 4) is 5.69 Å². The van der Waals surface area contributed by atoms with E-state index in [9.17, 15) is 0 Å². The van der Waals surface area contributed by atoms with Crippen molar-refractivity contribution < 1.29 is 0 Å². The minimum absolute atomic E-state index is 0.367. The van der Waals surface area contributed by atoms with Gasteiger partial charge in [0, 0.05) is 9.26 Å². The van der Waals surface area contributed by atoms with Crippen molar-refractivity contribution in [2.24, 2.45) is 0 Å². The Hall–Kier alpha value is -0.620. The molecular formula is C9H7ClIN3. The van der Waals surface area contributed by atoms with Gasteiger partial charge in [-0.15, -0.1) is 21.8 Å². The molecule has 0 atom stereocenters. The topological polar surface area (TPSA) is 30.7 Å². The van der Waals surface area contributed by atoms with Gasteiger partial charge < -0.3 is 0 Å². The van der Waals surface area contributed by atoms with Gasteiger partial charge in [-0.2, -0.15) is 0 Å². The first-order valence-electron chi connectivity index (χ1n) is 4.02. The predicted molar refractivity (Wildman–Crippen MR) is 63.6 cm³/mol. The first kappa shape index (κ1) is 9.92. The van der Waals surface area contributed by atoms with Crippen molar-refractivity contribution in [1.82, 2.24) is 14.8 Å². The Balaban J connectivity index is 2.44. The Morgan fingerprint density at radius 1 is 1.29 bits per heavy atom. The normalized spacial score (nSPS) is 10.4. The first-order valence-corrected chi connectivity index (χ1v) is 5.63. The number of alkyl halides is 1. The van der Waals surface area contributed by atoms with Crippen LogP contribution in [-0.2, 0) is 5.88 Å². The van der Waals surface area contributed by atoms with E-state index in [2.05, 4.69) is 32.8 Å². The second kappa shape index (κ2) is 4.27. The van der Waals surface area contributed by atoms with E-state index in [0.717, 1.165) is 11.5 Å². The van der Waals surface area contributed by atoms with Gasteiger partial charge in [-0.3, -0.25) is 4.57 Å². The molecule has 0 radical (unpaired) electrons. The van der Waals surface area contributed by atoms with E-state index in [0.29, 0.717) is 5.88 Å². The molecule has 0 N–H and O–H groups in total. The monoisotopic (exact) mass is 319 g/mol. The lowest BCUT2D eigenvalue weighted by molar-refractivity contribution is 0.951. The highest BCUT2D eigenvalue weighted by Gasteiger charge is 2.03. The lowest BCUT2D eigenvalue weighted by atomic mass is 10.3. The number of benzene rings is 1. The first-order chi connectivity index (χ1) is 6.81. The van der Waals surface area contributed by atoms with E-state index in [1.807, 2.05) is 28.8 Å². The van der Waals surface area contributed by atoms with Crippen LogP contribution in [0.15, 0.2) is 30.6 Å². The molecule has 0 unspecified atom stereocenters. The maximum absolute atomic E-state index is 5.73. The summed E-state index contributed by atoms with van der Waals surface area (Å²) in [5, 5.41) is 7.73. The van der Waals surface area contributed by atoms with E-state index in [-0.39, 0.29) is 0 Å². The summed E-state index contributed by atoms with van der Waals surface area (Å²) in [6.45, 7) is 0. The highest BCUT2D eigenvalue weighted by molar-refractivity contribution is 14.1. The Morgan fingerprint density at radius 3 is 2.64 bits per heavy atom. The van der Waals surface area contributed by atoms with Crippen molar-refractivity contribution in [2.75, 3.05) is 0 Å². The third-order valence-corrected chi connectivity index (χ3v) is 2.80. The molecule has 0 aliphatic carbocycles. The highest BCUT2D eigenvalue weighted by atomic mass is 127. The molecule has 0 amide bonds. The molecule has 0 bridgehead atoms. The molecule has 0 aliphatic heterocycles. The van der Waals surface area contributed by atoms with Gasteiger partial charge in [-0.05, 0) is 46.9 Å². The van der Waals surface area contributed by atoms with Crippen LogP contribution in [0, 0.1) is 3.57 Å². The second-order valence-electron chi connectivity index (χ2n) is 2.73. The molecule has 3 nitrogen and oxygen atoms in total. The van der Waals surface area contributed by atoms with Crippen LogP contribution in [-0.4, -0.2) is 14.8 Å². The van der Waals surface area contributed by atoms with Crippen molar-refractivity contribution in [2.45, 2.75) is 5.88 Å². The fourth-order valence-electron chi connectivity index (χ4n) is 1.17. The maximum atomic E-state index is 5.73. The molecule has 1 aromatic heterocycles. The lowest BCUT2D eigenvalue weighted by Crippen LogP contribution is -1.97. The molecule has 0 aliphatic rings. The average Bonchev–Trinajstić information content (AvgIpc) is 2.67. The van der Waals surface area contributed by atoms with Gasteiger partial charge in [0.25, 0.3) is 0 Å². The Labute approximate surface area is 100 Å². The predicted octanol–water partition coefficient (Wildman–Crippen LogP) is 2.61. The highest BCUT2D eigenvalue weighted by Crippen LogP contribution is 2.13. The summed E-state index contributed by atoms with van der Waals surface area (Å²) in [6.07, 6.45) is 1.67. The number of rotatable bonds is 2. The average molecular weight is 320 g/mol. The van der Waals surface area contributed by atoms with Gasteiger partial charge in [0.1, 0.15) is 6.33 Å². The molecule has 14 heavy (non-hydrogen) atoms. The Bertz CT molecular complexity index is 424. The Kier molecular flexibility index (Phi) is 3.02. The van der Waals surface area contributed by atoms with Crippen molar-refractivity contribution in [3.63, 3.8) is 0 Å². The van der Waals surface area contributed by atoms with Crippen LogP contribution in [0.4, 0.5) is 0 Å². The zero-order valence-corrected chi connectivity index (χ0v) is 10.1. The second-order valence-corrected chi connectivity index (χ2v) is 4.24. The van der Waals surface area contributed by atoms with Crippen molar-refractivity contribution >= 4 is 34.2 Å². The summed E-state index contributed by atoms with van der Waals surface area (Å²) in [5.41, 5.74) is 1.03. The number of hydrogen-bond acceptors (Lipinski definition) is 2. The minimum atomic E-state index is 0.367. The smallest absolute Gasteiger partial charge is 0.152 e. The minimum Gasteiger partial charge on any atom is -0.285 e. The molecule has 0 saturated carbocycles. The van der Waals surface area contributed by atoms with Crippen LogP contribution >= 0.6 is 34.2 Å². The summed E-state index contributed by atoms with van der Waals surface area (Å²) in [4.78, 5) is 0. The third kappa shape index (κ3) is 1.90. The molecule has 2 aromatic rings. The SMILES string of the molecule is ClCc1nncn1-c1ccc(I)cc1. The van der Waals surface area contributed by atoms with E-state index in [4.69, 9.17) is 11.6 Å². The molecule has 1 heterocycles. The summed E-state index contributed by atoms with van der Waals surface area (Å²) >= 11 is 8.00. The summed E-state index contributed by atoms with van der Waals surface area (Å²) in [7, 11) is 0. The molecule has 5 heteroatoms. The maximum Gasteiger partial charge on any atom is 0.152 e. The number of nitrogens with zero attached hydrogens (tertiary/aromatic N) is 3. The largest absolute Gasteiger partial charge is 0.285 e. The molecule has 0 spiro atoms. The van der Waals surface area contributed by atoms with E-state index in [1.54, 1.807) is 6.33 Å². The molecule has 2 rings (SSSR count). The lowest BCUT2D eigenvalue weighted by Gasteiger charge is -2.03. The van der Waals surface area contributed by atoms with Crippen LogP contribution in [0.1, 0.15) is 5.82 Å². The van der Waals surface area contributed by atoms with Gasteiger partial charge in [0.15, 0.2) is 5.82 Å². The van der Waals surface area contributed by atoms with Gasteiger partial charge in [0.05, 0.1) is 5.88 Å². The van der Waals surface area contributed by atoms with E-state index >= 15 is 0 Å². The summed E-state index contributed by atoms with van der Waals surface area (Å²) in [5.74, 6) is 1.12. The summed E-state index contributed by atoms with van der Waals surface area (Å²) < 4.78 is 3.08. The van der Waals surface area contributed by atoms with Crippen LogP contribution < -0.4 is 0 Å². The number of aromatic nitrogens is 3. The van der Waals surface area contributed by atoms with Crippen molar-refractivity contribution in [1.29, 1.82) is 0 Å². The molecule has 72 valence electrons. The van der Waals surface area contributed by atoms with E-state index < -0.39 is 0 Å². The molecular weight excluding hydrogens is 312 g/mol. The Morgan fingerprint density at radius 2 is 2.00 bits per heavy atom. The quantitative estimate of drug-likeness (QED) is 0.629. The van der Waals surface area contributed by atoms with Gasteiger partial charge in [-0.25, -0.2) is 0 Å². The fraction of sp³-hybridized carbons (Fsp3) is 0.111. The van der Waals surface area contributed by atoms with Gasteiger partial charge >= 0.3 is 0 Å². The zero-order valence-electron chi connectivity index (χ0n) is 7.19. The van der Waals surface area contributed by atoms with E-state index in [1.165, 1.54) is 3.57 Å². The molecule has 1 aromatic carbocycles. The number of hydrogen-bond donors (Lipinski definition) is 0. The zero-order chi connectivity index (χ0) is 9.97. The van der Waals surface area contributed by atoms with Crippen molar-refractivity contribution in [3.05, 3.63) is 40.0 Å². The van der Waals surface area contributed by atoms with Crippen LogP contribution in [0.3, 0.4) is 0 Å². The van der Waals surface area contributed by atoms with Crippen LogP contribution in [0.2, 0.25) is 0 Å². The van der Waals surface area contributed by atoms with Gasteiger partial charge in [-0.1, -0.05) is 0 Å². The van der Waals surface area contributed by atoms with Crippen LogP contribution in [0.5, 0.6) is 0 Å². The van der Waals surface area contributed by atoms with Crippen LogP contribution in [0.25, 0.3) is 5.69 Å². The summed E-state index contributed by atoms with van der Waals surface area (Å²) in [6, 6.07) is 8.10. The third-order valence-electron chi connectivity index (χ3n) is 1.84. The molecule has 0 fully saturated rings. The molecule has 0 saturated heterocycles. The standard InChI is InChI=1S/C9H7ClIN3/c10-5-9-13-12-6-14(9)8-3-1-7(11)2-4-8/h1-4,6H,5H2. The van der Waals surface area contributed by atoms with Gasteiger partial charge in [0.2, 0.25) is 0 Å².